The molecule has 0 spiro atoms. The van der Waals surface area contributed by atoms with E-state index < -0.39 is 0 Å². The van der Waals surface area contributed by atoms with Gasteiger partial charge in [-0.2, -0.15) is 0 Å². The molecule has 1 aromatic heterocycles. The number of fused-ring (bicyclic) bond motifs is 6. The van der Waals surface area contributed by atoms with Crippen molar-refractivity contribution >= 4 is 48.6 Å². The normalized spacial score (nSPS) is 12.9. The van der Waals surface area contributed by atoms with Crippen molar-refractivity contribution in [1.82, 2.24) is 0 Å². The van der Waals surface area contributed by atoms with Gasteiger partial charge in [0.2, 0.25) is 0 Å². The molecule has 0 saturated heterocycles. The number of nitrogens with zero attached hydrogens (tertiary/aromatic N) is 1. The van der Waals surface area contributed by atoms with E-state index in [0.717, 1.165) is 11.4 Å². The van der Waals surface area contributed by atoms with Crippen molar-refractivity contribution in [3.8, 4) is 44.5 Å². The highest BCUT2D eigenvalue weighted by molar-refractivity contribution is 7.26. The molecule has 0 aliphatic heterocycles. The lowest BCUT2D eigenvalue weighted by Gasteiger charge is -2.27. The topological polar surface area (TPSA) is 3.24 Å². The number of hydrogen-bond acceptors (Lipinski definition) is 2. The summed E-state index contributed by atoms with van der Waals surface area (Å²) in [7, 11) is 0. The Morgan fingerprint density at radius 3 is 1.72 bits per heavy atom. The summed E-state index contributed by atoms with van der Waals surface area (Å²) < 4.78 is 2.58. The maximum Gasteiger partial charge on any atom is 0.0640 e. The Bertz CT molecular complexity index is 2730. The average molecular weight is 696 g/mol. The molecule has 10 rings (SSSR count). The summed E-state index contributed by atoms with van der Waals surface area (Å²) in [5.41, 5.74) is 16.1. The average Bonchev–Trinajstić information content (AvgIpc) is 3.71. The van der Waals surface area contributed by atoms with Gasteiger partial charge in [0.15, 0.2) is 0 Å². The van der Waals surface area contributed by atoms with Gasteiger partial charge in [0.1, 0.15) is 0 Å². The smallest absolute Gasteiger partial charge is 0.0640 e. The molecule has 252 valence electrons. The first kappa shape index (κ1) is 31.5. The highest BCUT2D eigenvalue weighted by Crippen LogP contribution is 2.50. The summed E-state index contributed by atoms with van der Waals surface area (Å²) in [4.78, 5) is 2.46. The van der Waals surface area contributed by atoms with Gasteiger partial charge in [-0.1, -0.05) is 153 Å². The summed E-state index contributed by atoms with van der Waals surface area (Å²) in [5, 5.41) is 2.59. The van der Waals surface area contributed by atoms with Crippen molar-refractivity contribution in [2.24, 2.45) is 0 Å². The van der Waals surface area contributed by atoms with Crippen LogP contribution in [-0.2, 0) is 5.41 Å². The fourth-order valence-electron chi connectivity index (χ4n) is 8.37. The van der Waals surface area contributed by atoms with Gasteiger partial charge in [-0.3, -0.25) is 0 Å². The highest BCUT2D eigenvalue weighted by Gasteiger charge is 2.35. The number of hydrogen-bond donors (Lipinski definition) is 0. The van der Waals surface area contributed by atoms with Crippen LogP contribution in [0.15, 0.2) is 188 Å². The van der Waals surface area contributed by atoms with Crippen LogP contribution in [0.1, 0.15) is 25.0 Å². The minimum absolute atomic E-state index is 0.00464. The summed E-state index contributed by atoms with van der Waals surface area (Å²) >= 11 is 1.87. The SMILES string of the molecule is CC1(C)c2ccccc2-c2cc(-c3ccc(N(c4cc(-c5ccccc5)cc(-c5ccccc5)c4)c4cccc5c4sc4ccccc45)cc3)ccc21. The maximum atomic E-state index is 2.46. The second-order valence-corrected chi connectivity index (χ2v) is 15.6. The zero-order valence-electron chi connectivity index (χ0n) is 29.8. The lowest BCUT2D eigenvalue weighted by molar-refractivity contribution is 0.660. The van der Waals surface area contributed by atoms with Gasteiger partial charge >= 0.3 is 0 Å². The van der Waals surface area contributed by atoms with Crippen LogP contribution in [0.5, 0.6) is 0 Å². The molecule has 0 atom stereocenters. The molecule has 1 heterocycles. The zero-order chi connectivity index (χ0) is 35.5. The first-order chi connectivity index (χ1) is 26.0. The van der Waals surface area contributed by atoms with Crippen molar-refractivity contribution in [1.29, 1.82) is 0 Å². The van der Waals surface area contributed by atoms with Crippen molar-refractivity contribution in [2.75, 3.05) is 4.90 Å². The highest BCUT2D eigenvalue weighted by atomic mass is 32.1. The van der Waals surface area contributed by atoms with E-state index in [9.17, 15) is 0 Å². The Balaban J connectivity index is 1.16. The van der Waals surface area contributed by atoms with Crippen molar-refractivity contribution in [3.05, 3.63) is 199 Å². The molecule has 1 aliphatic rings. The Morgan fingerprint density at radius 1 is 0.396 bits per heavy atom. The van der Waals surface area contributed by atoms with E-state index in [-0.39, 0.29) is 5.41 Å². The van der Waals surface area contributed by atoms with Crippen LogP contribution < -0.4 is 4.90 Å². The number of benzene rings is 8. The van der Waals surface area contributed by atoms with Gasteiger partial charge < -0.3 is 4.90 Å². The molecule has 1 nitrogen and oxygen atoms in total. The van der Waals surface area contributed by atoms with E-state index in [0.29, 0.717) is 0 Å². The van der Waals surface area contributed by atoms with Crippen molar-refractivity contribution in [3.63, 3.8) is 0 Å². The molecule has 1 aliphatic carbocycles. The van der Waals surface area contributed by atoms with Gasteiger partial charge in [-0.05, 0) is 104 Å². The van der Waals surface area contributed by atoms with E-state index in [1.54, 1.807) is 0 Å². The molecular weight excluding hydrogens is 659 g/mol. The monoisotopic (exact) mass is 695 g/mol. The largest absolute Gasteiger partial charge is 0.309 e. The Morgan fingerprint density at radius 2 is 0.981 bits per heavy atom. The third kappa shape index (κ3) is 5.29. The van der Waals surface area contributed by atoms with Crippen molar-refractivity contribution < 1.29 is 0 Å². The molecule has 0 saturated carbocycles. The van der Waals surface area contributed by atoms with Crippen LogP contribution in [0, 0.1) is 0 Å². The Kier molecular flexibility index (Phi) is 7.42. The third-order valence-electron chi connectivity index (χ3n) is 11.1. The van der Waals surface area contributed by atoms with Crippen LogP contribution in [0.3, 0.4) is 0 Å². The van der Waals surface area contributed by atoms with Crippen LogP contribution in [-0.4, -0.2) is 0 Å². The fraction of sp³-hybridized carbons (Fsp3) is 0.0588. The molecule has 0 bridgehead atoms. The predicted molar refractivity (Wildman–Crippen MR) is 228 cm³/mol. The van der Waals surface area contributed by atoms with Gasteiger partial charge in [-0.25, -0.2) is 0 Å². The molecule has 0 unspecified atom stereocenters. The second kappa shape index (κ2) is 12.5. The van der Waals surface area contributed by atoms with E-state index in [1.807, 2.05) is 11.3 Å². The lowest BCUT2D eigenvalue weighted by Crippen LogP contribution is -2.14. The molecule has 0 radical (unpaired) electrons. The third-order valence-corrected chi connectivity index (χ3v) is 12.3. The maximum absolute atomic E-state index is 2.46. The number of rotatable bonds is 6. The van der Waals surface area contributed by atoms with E-state index >= 15 is 0 Å². The number of anilines is 3. The summed E-state index contributed by atoms with van der Waals surface area (Å²) in [6, 6.07) is 69.1. The van der Waals surface area contributed by atoms with Gasteiger partial charge in [0.25, 0.3) is 0 Å². The molecule has 2 heteroatoms. The molecule has 0 N–H and O–H groups in total. The molecule has 53 heavy (non-hydrogen) atoms. The van der Waals surface area contributed by atoms with E-state index in [1.165, 1.54) is 81.5 Å². The van der Waals surface area contributed by atoms with Crippen LogP contribution >= 0.6 is 11.3 Å². The molecular formula is C51H37NS. The second-order valence-electron chi connectivity index (χ2n) is 14.6. The lowest BCUT2D eigenvalue weighted by atomic mass is 9.82. The zero-order valence-corrected chi connectivity index (χ0v) is 30.6. The minimum atomic E-state index is -0.00464. The van der Waals surface area contributed by atoms with Gasteiger partial charge in [-0.15, -0.1) is 11.3 Å². The van der Waals surface area contributed by atoms with Gasteiger partial charge in [0, 0.05) is 32.3 Å². The summed E-state index contributed by atoms with van der Waals surface area (Å²) in [5.74, 6) is 0. The molecule has 9 aromatic rings. The van der Waals surface area contributed by atoms with Gasteiger partial charge in [0.05, 0.1) is 10.4 Å². The van der Waals surface area contributed by atoms with E-state index in [4.69, 9.17) is 0 Å². The number of thiophene rings is 1. The minimum Gasteiger partial charge on any atom is -0.309 e. The molecule has 0 amide bonds. The Labute approximate surface area is 315 Å². The van der Waals surface area contributed by atoms with Crippen LogP contribution in [0.25, 0.3) is 64.7 Å². The predicted octanol–water partition coefficient (Wildman–Crippen LogP) is 14.8. The quantitative estimate of drug-likeness (QED) is 0.167. The molecule has 0 fully saturated rings. The van der Waals surface area contributed by atoms with Crippen molar-refractivity contribution in [2.45, 2.75) is 19.3 Å². The first-order valence-electron chi connectivity index (χ1n) is 18.3. The molecule has 8 aromatic carbocycles. The fourth-order valence-corrected chi connectivity index (χ4v) is 9.58. The Hall–Kier alpha value is -6.22. The summed E-state index contributed by atoms with van der Waals surface area (Å²) in [6.45, 7) is 4.68. The summed E-state index contributed by atoms with van der Waals surface area (Å²) in [6.07, 6.45) is 0. The van der Waals surface area contributed by atoms with E-state index in [2.05, 4.69) is 207 Å². The standard InChI is InChI=1S/C51H37NS/c1-51(2)46-21-11-9-18-42(46)45-33-37(26-29-47(45)51)36-24-27-40(28-25-36)52(48-22-13-20-44-43-19-10-12-23-49(43)53-50(44)48)41-31-38(34-14-5-3-6-15-34)30-39(32-41)35-16-7-4-8-17-35/h3-33H,1-2H3. The first-order valence-corrected chi connectivity index (χ1v) is 19.2. The van der Waals surface area contributed by atoms with Crippen LogP contribution in [0.4, 0.5) is 17.1 Å². The van der Waals surface area contributed by atoms with Crippen LogP contribution in [0.2, 0.25) is 0 Å².